The first-order valence-corrected chi connectivity index (χ1v) is 4.76. The minimum atomic E-state index is 0.00375. The lowest BCUT2D eigenvalue weighted by Crippen LogP contribution is -2.34. The quantitative estimate of drug-likeness (QED) is 0.674. The van der Waals surface area contributed by atoms with Crippen LogP contribution in [-0.4, -0.2) is 25.5 Å². The number of rotatable bonds is 6. The number of hydrogen-bond donors (Lipinski definition) is 2. The molecule has 0 bridgehead atoms. The van der Waals surface area contributed by atoms with Crippen molar-refractivity contribution in [3.8, 4) is 0 Å². The third kappa shape index (κ3) is 7.75. The topological polar surface area (TPSA) is 41.1 Å². The van der Waals surface area contributed by atoms with Crippen molar-refractivity contribution < 1.29 is 4.79 Å². The van der Waals surface area contributed by atoms with E-state index >= 15 is 0 Å². The average molecular weight is 235 g/mol. The predicted octanol–water partition coefficient (Wildman–Crippen LogP) is 1.01. The molecule has 0 aliphatic carbocycles. The molecule has 0 aromatic rings. The number of amides is 1. The Morgan fingerprint density at radius 1 is 1.50 bits per heavy atom. The average Bonchev–Trinajstić information content (AvgIpc) is 2.01. The summed E-state index contributed by atoms with van der Waals surface area (Å²) < 4.78 is 0.784. The van der Waals surface area contributed by atoms with E-state index in [1.807, 2.05) is 0 Å². The van der Waals surface area contributed by atoms with Gasteiger partial charge >= 0.3 is 0 Å². The zero-order valence-corrected chi connectivity index (χ0v) is 8.91. The summed E-state index contributed by atoms with van der Waals surface area (Å²) >= 11 is 3.16. The highest BCUT2D eigenvalue weighted by atomic mass is 79.9. The first-order chi connectivity index (χ1) is 5.66. The molecule has 0 aliphatic heterocycles. The van der Waals surface area contributed by atoms with Crippen LogP contribution in [0.25, 0.3) is 0 Å². The lowest BCUT2D eigenvalue weighted by atomic mass is 10.4. The van der Waals surface area contributed by atoms with Crippen LogP contribution in [0, 0.1) is 0 Å². The minimum absolute atomic E-state index is 0.00375. The van der Waals surface area contributed by atoms with Gasteiger partial charge < -0.3 is 10.6 Å². The molecule has 0 atom stereocenters. The van der Waals surface area contributed by atoms with E-state index in [9.17, 15) is 4.79 Å². The van der Waals surface area contributed by atoms with E-state index in [4.69, 9.17) is 0 Å². The number of carbonyl (C=O) groups excluding carboxylic acids is 1. The van der Waals surface area contributed by atoms with Crippen LogP contribution in [0.4, 0.5) is 0 Å². The highest BCUT2D eigenvalue weighted by molar-refractivity contribution is 9.11. The van der Waals surface area contributed by atoms with Gasteiger partial charge in [-0.3, -0.25) is 4.79 Å². The predicted molar refractivity (Wildman–Crippen MR) is 54.2 cm³/mol. The molecular formula is C8H15BrN2O. The first-order valence-electron chi connectivity index (χ1n) is 3.97. The Kier molecular flexibility index (Phi) is 7.09. The van der Waals surface area contributed by atoms with Crippen LogP contribution in [0.2, 0.25) is 0 Å². The smallest absolute Gasteiger partial charge is 0.234 e. The highest BCUT2D eigenvalue weighted by Gasteiger charge is 1.98. The zero-order chi connectivity index (χ0) is 9.40. The fourth-order valence-corrected chi connectivity index (χ4v) is 0.776. The van der Waals surface area contributed by atoms with E-state index in [2.05, 4.69) is 40.1 Å². The molecule has 0 heterocycles. The Labute approximate surface area is 81.7 Å². The van der Waals surface area contributed by atoms with Crippen LogP contribution in [0.1, 0.15) is 13.3 Å². The third-order valence-corrected chi connectivity index (χ3v) is 1.47. The van der Waals surface area contributed by atoms with Crippen molar-refractivity contribution in [3.05, 3.63) is 11.1 Å². The summed E-state index contributed by atoms with van der Waals surface area (Å²) in [4.78, 5) is 11.0. The summed E-state index contributed by atoms with van der Waals surface area (Å²) in [5.74, 6) is 0.00375. The molecule has 0 aromatic heterocycles. The summed E-state index contributed by atoms with van der Waals surface area (Å²) in [7, 11) is 0. The number of halogens is 1. The fraction of sp³-hybridized carbons (Fsp3) is 0.625. The Balaban J connectivity index is 3.28. The molecular weight excluding hydrogens is 220 g/mol. The summed E-state index contributed by atoms with van der Waals surface area (Å²) in [6.45, 7) is 7.42. The van der Waals surface area contributed by atoms with Crippen molar-refractivity contribution in [2.75, 3.05) is 19.6 Å². The Bertz CT molecular complexity index is 159. The van der Waals surface area contributed by atoms with Gasteiger partial charge in [-0.25, -0.2) is 0 Å². The highest BCUT2D eigenvalue weighted by Crippen LogP contribution is 1.95. The van der Waals surface area contributed by atoms with E-state index in [1.165, 1.54) is 0 Å². The van der Waals surface area contributed by atoms with Crippen LogP contribution >= 0.6 is 15.9 Å². The fourth-order valence-electron chi connectivity index (χ4n) is 0.636. The lowest BCUT2D eigenvalue weighted by molar-refractivity contribution is -0.120. The van der Waals surface area contributed by atoms with Gasteiger partial charge in [0.05, 0.1) is 6.54 Å². The third-order valence-electron chi connectivity index (χ3n) is 1.19. The summed E-state index contributed by atoms with van der Waals surface area (Å²) in [6.07, 6.45) is 1.04. The monoisotopic (exact) mass is 234 g/mol. The summed E-state index contributed by atoms with van der Waals surface area (Å²) in [5, 5.41) is 5.69. The van der Waals surface area contributed by atoms with Gasteiger partial charge in [0.15, 0.2) is 0 Å². The SMILES string of the molecule is C=C(Br)CNC(=O)CNCCC. The van der Waals surface area contributed by atoms with E-state index in [1.54, 1.807) is 0 Å². The van der Waals surface area contributed by atoms with Gasteiger partial charge in [0.25, 0.3) is 0 Å². The van der Waals surface area contributed by atoms with Crippen LogP contribution in [0.15, 0.2) is 11.1 Å². The Hall–Kier alpha value is -0.350. The normalized spacial score (nSPS) is 9.50. The van der Waals surface area contributed by atoms with Crippen LogP contribution in [0.5, 0.6) is 0 Å². The number of carbonyl (C=O) groups is 1. The van der Waals surface area contributed by atoms with E-state index in [-0.39, 0.29) is 5.91 Å². The Morgan fingerprint density at radius 3 is 2.67 bits per heavy atom. The molecule has 70 valence electrons. The second-order valence-corrected chi connectivity index (χ2v) is 3.59. The second-order valence-electron chi connectivity index (χ2n) is 2.47. The second kappa shape index (κ2) is 7.31. The van der Waals surface area contributed by atoms with E-state index < -0.39 is 0 Å². The molecule has 0 fully saturated rings. The van der Waals surface area contributed by atoms with Crippen LogP contribution in [-0.2, 0) is 4.79 Å². The molecule has 0 spiro atoms. The van der Waals surface area contributed by atoms with Crippen molar-refractivity contribution in [1.29, 1.82) is 0 Å². The van der Waals surface area contributed by atoms with Crippen molar-refractivity contribution in [1.82, 2.24) is 10.6 Å². The standard InChI is InChI=1S/C8H15BrN2O/c1-3-4-10-6-8(12)11-5-7(2)9/h10H,2-6H2,1H3,(H,11,12). The van der Waals surface area contributed by atoms with Crippen molar-refractivity contribution in [2.45, 2.75) is 13.3 Å². The van der Waals surface area contributed by atoms with Gasteiger partial charge in [-0.1, -0.05) is 29.4 Å². The van der Waals surface area contributed by atoms with Gasteiger partial charge in [0.1, 0.15) is 0 Å². The number of nitrogens with one attached hydrogen (secondary N) is 2. The molecule has 0 unspecified atom stereocenters. The van der Waals surface area contributed by atoms with Crippen molar-refractivity contribution >= 4 is 21.8 Å². The lowest BCUT2D eigenvalue weighted by Gasteiger charge is -2.04. The molecule has 0 saturated carbocycles. The molecule has 3 nitrogen and oxygen atoms in total. The molecule has 0 saturated heterocycles. The number of hydrogen-bond acceptors (Lipinski definition) is 2. The van der Waals surface area contributed by atoms with Gasteiger partial charge in [0, 0.05) is 11.0 Å². The maximum atomic E-state index is 11.0. The van der Waals surface area contributed by atoms with E-state index in [0.717, 1.165) is 17.4 Å². The molecule has 12 heavy (non-hydrogen) atoms. The molecule has 2 N–H and O–H groups in total. The molecule has 4 heteroatoms. The minimum Gasteiger partial charge on any atom is -0.350 e. The molecule has 1 amide bonds. The molecule has 0 radical (unpaired) electrons. The zero-order valence-electron chi connectivity index (χ0n) is 7.32. The molecule has 0 rings (SSSR count). The van der Waals surface area contributed by atoms with Gasteiger partial charge in [0.2, 0.25) is 5.91 Å². The van der Waals surface area contributed by atoms with E-state index in [0.29, 0.717) is 13.1 Å². The summed E-state index contributed by atoms with van der Waals surface area (Å²) in [6, 6.07) is 0. The van der Waals surface area contributed by atoms with Crippen molar-refractivity contribution in [2.24, 2.45) is 0 Å². The molecule has 0 aromatic carbocycles. The van der Waals surface area contributed by atoms with Gasteiger partial charge in [-0.2, -0.15) is 0 Å². The molecule has 0 aliphatic rings. The van der Waals surface area contributed by atoms with Crippen LogP contribution < -0.4 is 10.6 Å². The van der Waals surface area contributed by atoms with Gasteiger partial charge in [-0.05, 0) is 13.0 Å². The maximum Gasteiger partial charge on any atom is 0.234 e. The van der Waals surface area contributed by atoms with Gasteiger partial charge in [-0.15, -0.1) is 0 Å². The maximum absolute atomic E-state index is 11.0. The van der Waals surface area contributed by atoms with Crippen LogP contribution in [0.3, 0.4) is 0 Å². The van der Waals surface area contributed by atoms with Crippen molar-refractivity contribution in [3.63, 3.8) is 0 Å². The Morgan fingerprint density at radius 2 is 2.17 bits per heavy atom. The largest absolute Gasteiger partial charge is 0.350 e. The summed E-state index contributed by atoms with van der Waals surface area (Å²) in [5.41, 5.74) is 0. The first kappa shape index (κ1) is 11.6.